The lowest BCUT2D eigenvalue weighted by Crippen LogP contribution is -2.26. The van der Waals surface area contributed by atoms with Crippen LogP contribution in [0.25, 0.3) is 0 Å². The molecule has 7 nitrogen and oxygen atoms in total. The van der Waals surface area contributed by atoms with Gasteiger partial charge in [-0.2, -0.15) is 0 Å². The van der Waals surface area contributed by atoms with Gasteiger partial charge in [-0.25, -0.2) is 21.6 Å². The quantitative estimate of drug-likeness (QED) is 0.544. The monoisotopic (exact) mass is 341 g/mol. The zero-order chi connectivity index (χ0) is 15.4. The minimum atomic E-state index is -3.98. The first-order chi connectivity index (χ1) is 9.17. The van der Waals surface area contributed by atoms with E-state index in [0.717, 1.165) is 6.26 Å². The van der Waals surface area contributed by atoms with Crippen molar-refractivity contribution in [1.82, 2.24) is 4.72 Å². The first-order valence-corrected chi connectivity index (χ1v) is 10.2. The molecule has 0 atom stereocenters. The Morgan fingerprint density at radius 1 is 1.30 bits per heavy atom. The van der Waals surface area contributed by atoms with Crippen LogP contribution < -0.4 is 9.46 Å². The summed E-state index contributed by atoms with van der Waals surface area (Å²) in [5.74, 6) is -0.366. The van der Waals surface area contributed by atoms with Crippen LogP contribution in [0.15, 0.2) is 23.1 Å². The zero-order valence-corrected chi connectivity index (χ0v) is 13.3. The summed E-state index contributed by atoms with van der Waals surface area (Å²) >= 11 is 0. The van der Waals surface area contributed by atoms with Crippen molar-refractivity contribution in [3.05, 3.63) is 18.2 Å². The third-order valence-corrected chi connectivity index (χ3v) is 6.25. The van der Waals surface area contributed by atoms with Crippen molar-refractivity contribution in [3.8, 4) is 11.5 Å². The van der Waals surface area contributed by atoms with E-state index >= 15 is 0 Å². The fraction of sp³-hybridized carbons (Fsp3) is 0.400. The fourth-order valence-electron chi connectivity index (χ4n) is 1.38. The van der Waals surface area contributed by atoms with Crippen LogP contribution in [0.3, 0.4) is 0 Å². The van der Waals surface area contributed by atoms with E-state index in [9.17, 15) is 21.9 Å². The molecule has 20 heavy (non-hydrogen) atoms. The lowest BCUT2D eigenvalue weighted by atomic mass is 10.3. The van der Waals surface area contributed by atoms with E-state index in [1.165, 1.54) is 25.3 Å². The van der Waals surface area contributed by atoms with Crippen LogP contribution in [0.4, 0.5) is 0 Å². The van der Waals surface area contributed by atoms with Gasteiger partial charge in [-0.3, -0.25) is 0 Å². The van der Waals surface area contributed by atoms with Gasteiger partial charge >= 0.3 is 0 Å². The number of methoxy groups -OCH3 is 1. The van der Waals surface area contributed by atoms with Crippen molar-refractivity contribution in [3.63, 3.8) is 0 Å². The summed E-state index contributed by atoms with van der Waals surface area (Å²) in [6.07, 6.45) is 1.04. The second-order valence-corrected chi connectivity index (χ2v) is 10.0. The normalized spacial score (nSPS) is 12.3. The Bertz CT molecular complexity index is 668. The Labute approximate surface area is 121 Å². The molecule has 10 heteroatoms. The number of phenols is 1. The second-order valence-electron chi connectivity index (χ2n) is 3.73. The molecule has 0 radical (unpaired) electrons. The number of hydrogen-bond acceptors (Lipinski definition) is 7. The van der Waals surface area contributed by atoms with Gasteiger partial charge in [0.1, 0.15) is 11.5 Å². The second kappa shape index (κ2) is 6.66. The number of sulfonamides is 1. The van der Waals surface area contributed by atoms with E-state index in [-0.39, 0.29) is 22.9 Å². The highest BCUT2D eigenvalue weighted by molar-refractivity contribution is 8.71. The first-order valence-electron chi connectivity index (χ1n) is 5.37. The Balaban J connectivity index is 2.85. The first kappa shape index (κ1) is 17.1. The molecule has 0 spiro atoms. The Hall–Kier alpha value is -0.970. The molecule has 0 fully saturated rings. The number of nitrogens with one attached hydrogen (secondary N) is 1. The average molecular weight is 341 g/mol. The van der Waals surface area contributed by atoms with Crippen molar-refractivity contribution < 1.29 is 26.7 Å². The van der Waals surface area contributed by atoms with Gasteiger partial charge in [-0.05, 0) is 22.9 Å². The van der Waals surface area contributed by atoms with Crippen molar-refractivity contribution in [2.45, 2.75) is 4.90 Å². The van der Waals surface area contributed by atoms with E-state index in [4.69, 9.17) is 4.74 Å². The SMILES string of the molecule is COc1cccc(O)c1S(=O)(=O)NCCSS(C)(=O)=O. The van der Waals surface area contributed by atoms with Gasteiger partial charge in [0.25, 0.3) is 0 Å². The van der Waals surface area contributed by atoms with Crippen LogP contribution in [-0.4, -0.2) is 47.6 Å². The highest BCUT2D eigenvalue weighted by Crippen LogP contribution is 2.31. The molecule has 1 rings (SSSR count). The molecule has 1 aromatic carbocycles. The van der Waals surface area contributed by atoms with E-state index in [0.29, 0.717) is 10.8 Å². The summed E-state index contributed by atoms with van der Waals surface area (Å²) in [5.41, 5.74) is 0. The largest absolute Gasteiger partial charge is 0.506 e. The topological polar surface area (TPSA) is 110 Å². The summed E-state index contributed by atoms with van der Waals surface area (Å²) in [4.78, 5) is -0.369. The molecule has 0 aliphatic carbocycles. The van der Waals surface area contributed by atoms with Gasteiger partial charge in [-0.1, -0.05) is 6.07 Å². The molecular weight excluding hydrogens is 326 g/mol. The third kappa shape index (κ3) is 4.85. The lowest BCUT2D eigenvalue weighted by molar-refractivity contribution is 0.388. The predicted octanol–water partition coefficient (Wildman–Crippen LogP) is 0.372. The average Bonchev–Trinajstić information content (AvgIpc) is 2.33. The molecule has 114 valence electrons. The Kier molecular flexibility index (Phi) is 5.68. The predicted molar refractivity (Wildman–Crippen MR) is 77.1 cm³/mol. The van der Waals surface area contributed by atoms with E-state index in [1.807, 2.05) is 0 Å². The standard InChI is InChI=1S/C10H15NO6S3/c1-17-9-5-3-4-8(12)10(9)20(15,16)11-6-7-18-19(2,13)14/h3-5,11-12H,6-7H2,1-2H3. The van der Waals surface area contributed by atoms with Gasteiger partial charge in [0.2, 0.25) is 10.0 Å². The number of ether oxygens (including phenoxy) is 1. The highest BCUT2D eigenvalue weighted by Gasteiger charge is 2.23. The molecule has 0 amide bonds. The fourth-order valence-corrected chi connectivity index (χ4v) is 4.43. The number of hydrogen-bond donors (Lipinski definition) is 2. The molecule has 0 bridgehead atoms. The molecule has 0 saturated carbocycles. The molecule has 0 unspecified atom stereocenters. The van der Waals surface area contributed by atoms with Crippen LogP contribution in [0.5, 0.6) is 11.5 Å². The van der Waals surface area contributed by atoms with Gasteiger partial charge in [0.15, 0.2) is 13.8 Å². The highest BCUT2D eigenvalue weighted by atomic mass is 33.1. The van der Waals surface area contributed by atoms with Gasteiger partial charge in [0, 0.05) is 18.6 Å². The number of benzene rings is 1. The van der Waals surface area contributed by atoms with Gasteiger partial charge < -0.3 is 9.84 Å². The zero-order valence-electron chi connectivity index (χ0n) is 10.9. The molecule has 0 aromatic heterocycles. The van der Waals surface area contributed by atoms with Crippen LogP contribution in [0, 0.1) is 0 Å². The molecule has 0 aliphatic heterocycles. The van der Waals surface area contributed by atoms with E-state index in [1.54, 1.807) is 0 Å². The van der Waals surface area contributed by atoms with Crippen molar-refractivity contribution in [2.24, 2.45) is 0 Å². The van der Waals surface area contributed by atoms with Crippen molar-refractivity contribution in [2.75, 3.05) is 25.7 Å². The molecule has 0 aliphatic rings. The number of rotatable bonds is 7. The van der Waals surface area contributed by atoms with Crippen LogP contribution in [0.1, 0.15) is 0 Å². The molecular formula is C10H15NO6S3. The maximum atomic E-state index is 12.0. The minimum Gasteiger partial charge on any atom is -0.506 e. The summed E-state index contributed by atoms with van der Waals surface area (Å²) in [6.45, 7) is -0.0858. The lowest BCUT2D eigenvalue weighted by Gasteiger charge is -2.11. The van der Waals surface area contributed by atoms with E-state index < -0.39 is 24.6 Å². The summed E-state index contributed by atoms with van der Waals surface area (Å²) in [7, 11) is -5.28. The number of phenolic OH excluding ortho intramolecular Hbond substituents is 1. The van der Waals surface area contributed by atoms with Crippen LogP contribution in [0.2, 0.25) is 0 Å². The summed E-state index contributed by atoms with van der Waals surface area (Å²) < 4.78 is 53.0. The minimum absolute atomic E-state index is 0.00765. The summed E-state index contributed by atoms with van der Waals surface area (Å²) in [6, 6.07) is 4.08. The maximum Gasteiger partial charge on any atom is 0.247 e. The Morgan fingerprint density at radius 3 is 2.50 bits per heavy atom. The summed E-state index contributed by atoms with van der Waals surface area (Å²) in [5, 5.41) is 9.64. The van der Waals surface area contributed by atoms with Crippen LogP contribution >= 0.6 is 10.8 Å². The van der Waals surface area contributed by atoms with Crippen molar-refractivity contribution >= 4 is 29.7 Å². The van der Waals surface area contributed by atoms with E-state index in [2.05, 4.69) is 4.72 Å². The van der Waals surface area contributed by atoms with Gasteiger partial charge in [-0.15, -0.1) is 0 Å². The smallest absolute Gasteiger partial charge is 0.247 e. The molecule has 2 N–H and O–H groups in total. The van der Waals surface area contributed by atoms with Crippen molar-refractivity contribution in [1.29, 1.82) is 0 Å². The number of aromatic hydroxyl groups is 1. The maximum absolute atomic E-state index is 12.0. The molecule has 0 heterocycles. The van der Waals surface area contributed by atoms with Gasteiger partial charge in [0.05, 0.1) is 7.11 Å². The Morgan fingerprint density at radius 2 is 1.95 bits per heavy atom. The molecule has 0 saturated heterocycles. The third-order valence-electron chi connectivity index (χ3n) is 2.14. The molecule has 1 aromatic rings. The van der Waals surface area contributed by atoms with Crippen LogP contribution in [-0.2, 0) is 18.9 Å².